The summed E-state index contributed by atoms with van der Waals surface area (Å²) < 4.78 is 0. The van der Waals surface area contributed by atoms with E-state index in [1.165, 1.54) is 0 Å². The molecule has 1 saturated carbocycles. The van der Waals surface area contributed by atoms with Gasteiger partial charge in [0, 0.05) is 57.0 Å². The quantitative estimate of drug-likeness (QED) is 0.551. The molecule has 0 spiro atoms. The number of carbonyl (C=O) groups is 1. The number of nitrogens with zero attached hydrogens (tertiary/aromatic N) is 6. The Morgan fingerprint density at radius 2 is 2.00 bits per heavy atom. The second kappa shape index (κ2) is 6.21. The van der Waals surface area contributed by atoms with Crippen molar-refractivity contribution >= 4 is 11.7 Å². The number of anilines is 1. The van der Waals surface area contributed by atoms with Crippen molar-refractivity contribution in [3.63, 3.8) is 0 Å². The van der Waals surface area contributed by atoms with Crippen molar-refractivity contribution in [3.05, 3.63) is 27.4 Å². The van der Waals surface area contributed by atoms with Gasteiger partial charge in [0.25, 0.3) is 0 Å². The molecule has 2 aliphatic heterocycles. The summed E-state index contributed by atoms with van der Waals surface area (Å²) >= 11 is 0. The molecular formula is C16H22N6O3. The summed E-state index contributed by atoms with van der Waals surface area (Å²) in [5, 5.41) is 19.5. The molecule has 2 fully saturated rings. The number of amides is 1. The smallest absolute Gasteiger partial charge is 0.233 e. The summed E-state index contributed by atoms with van der Waals surface area (Å²) in [6.07, 6.45) is 1.03. The van der Waals surface area contributed by atoms with Gasteiger partial charge in [-0.15, -0.1) is 5.10 Å². The minimum absolute atomic E-state index is 0.0923. The maximum absolute atomic E-state index is 12.5. The average molecular weight is 346 g/mol. The van der Waals surface area contributed by atoms with E-state index >= 15 is 0 Å². The fourth-order valence-corrected chi connectivity index (χ4v) is 3.61. The molecule has 134 valence electrons. The fourth-order valence-electron chi connectivity index (χ4n) is 3.61. The highest BCUT2D eigenvalue weighted by atomic mass is 16.6. The van der Waals surface area contributed by atoms with E-state index in [4.69, 9.17) is 0 Å². The SMILES string of the molecule is CN1CCN(c2cc3c(nn2)CCN(C(=O)[C@@H]2C[C@H]2[N+](=O)[O-])C3)CC1. The minimum atomic E-state index is -0.689. The van der Waals surface area contributed by atoms with Crippen LogP contribution >= 0.6 is 0 Å². The molecule has 3 heterocycles. The summed E-state index contributed by atoms with van der Waals surface area (Å²) in [7, 11) is 2.11. The lowest BCUT2D eigenvalue weighted by Gasteiger charge is -2.34. The molecule has 1 aromatic rings. The van der Waals surface area contributed by atoms with E-state index in [-0.39, 0.29) is 10.8 Å². The van der Waals surface area contributed by atoms with Crippen LogP contribution in [-0.2, 0) is 17.8 Å². The molecule has 3 aliphatic rings. The number of hydrogen-bond acceptors (Lipinski definition) is 7. The monoisotopic (exact) mass is 346 g/mol. The van der Waals surface area contributed by atoms with Gasteiger partial charge in [-0.3, -0.25) is 14.9 Å². The zero-order chi connectivity index (χ0) is 17.6. The number of likely N-dealkylation sites (N-methyl/N-ethyl adjacent to an activating group) is 1. The summed E-state index contributed by atoms with van der Waals surface area (Å²) in [4.78, 5) is 29.2. The zero-order valence-electron chi connectivity index (χ0n) is 14.3. The number of fused-ring (bicyclic) bond motifs is 1. The first kappa shape index (κ1) is 16.2. The van der Waals surface area contributed by atoms with Crippen LogP contribution in [0.1, 0.15) is 17.7 Å². The molecule has 25 heavy (non-hydrogen) atoms. The number of hydrogen-bond donors (Lipinski definition) is 0. The van der Waals surface area contributed by atoms with Crippen molar-refractivity contribution in [2.45, 2.75) is 25.4 Å². The average Bonchev–Trinajstić information content (AvgIpc) is 3.42. The highest BCUT2D eigenvalue weighted by Crippen LogP contribution is 2.36. The molecule has 0 N–H and O–H groups in total. The van der Waals surface area contributed by atoms with Crippen LogP contribution in [0.4, 0.5) is 5.82 Å². The van der Waals surface area contributed by atoms with Crippen LogP contribution < -0.4 is 4.90 Å². The fraction of sp³-hybridized carbons (Fsp3) is 0.688. The molecule has 0 radical (unpaired) electrons. The maximum atomic E-state index is 12.5. The van der Waals surface area contributed by atoms with E-state index in [0.29, 0.717) is 25.9 Å². The number of piperazine rings is 1. The van der Waals surface area contributed by atoms with Gasteiger partial charge < -0.3 is 14.7 Å². The van der Waals surface area contributed by atoms with Crippen LogP contribution in [0.3, 0.4) is 0 Å². The molecule has 1 aromatic heterocycles. The molecule has 1 saturated heterocycles. The van der Waals surface area contributed by atoms with E-state index in [1.807, 2.05) is 6.07 Å². The molecule has 1 amide bonds. The molecule has 2 atom stereocenters. The lowest BCUT2D eigenvalue weighted by atomic mass is 10.1. The second-order valence-electron chi connectivity index (χ2n) is 7.17. The number of aromatic nitrogens is 2. The Kier molecular flexibility index (Phi) is 4.03. The van der Waals surface area contributed by atoms with E-state index in [1.54, 1.807) is 4.90 Å². The zero-order valence-corrected chi connectivity index (χ0v) is 14.3. The number of nitro groups is 1. The minimum Gasteiger partial charge on any atom is -0.353 e. The van der Waals surface area contributed by atoms with Crippen molar-refractivity contribution in [2.75, 3.05) is 44.7 Å². The Morgan fingerprint density at radius 3 is 2.68 bits per heavy atom. The van der Waals surface area contributed by atoms with Gasteiger partial charge in [0.2, 0.25) is 11.9 Å². The third-order valence-corrected chi connectivity index (χ3v) is 5.41. The van der Waals surface area contributed by atoms with Crippen molar-refractivity contribution in [3.8, 4) is 0 Å². The molecule has 0 bridgehead atoms. The van der Waals surface area contributed by atoms with E-state index in [2.05, 4.69) is 27.0 Å². The lowest BCUT2D eigenvalue weighted by molar-refractivity contribution is -0.497. The van der Waals surface area contributed by atoms with Crippen molar-refractivity contribution in [2.24, 2.45) is 5.92 Å². The Balaban J connectivity index is 1.46. The van der Waals surface area contributed by atoms with E-state index < -0.39 is 12.0 Å². The van der Waals surface area contributed by atoms with Crippen LogP contribution in [0.25, 0.3) is 0 Å². The molecule has 9 nitrogen and oxygen atoms in total. The summed E-state index contributed by atoms with van der Waals surface area (Å²) in [6.45, 7) is 4.86. The molecule has 1 aliphatic carbocycles. The van der Waals surface area contributed by atoms with Gasteiger partial charge in [-0.1, -0.05) is 0 Å². The third-order valence-electron chi connectivity index (χ3n) is 5.41. The van der Waals surface area contributed by atoms with Crippen molar-refractivity contribution in [1.29, 1.82) is 0 Å². The normalized spacial score (nSPS) is 26.3. The van der Waals surface area contributed by atoms with Crippen LogP contribution in [0.5, 0.6) is 0 Å². The maximum Gasteiger partial charge on any atom is 0.233 e. The van der Waals surface area contributed by atoms with Gasteiger partial charge in [0.05, 0.1) is 5.69 Å². The van der Waals surface area contributed by atoms with E-state index in [0.717, 1.165) is 43.3 Å². The second-order valence-corrected chi connectivity index (χ2v) is 7.17. The van der Waals surface area contributed by atoms with Gasteiger partial charge in [0.15, 0.2) is 5.82 Å². The number of carbonyl (C=O) groups excluding carboxylic acids is 1. The Hall–Kier alpha value is -2.29. The highest BCUT2D eigenvalue weighted by molar-refractivity contribution is 5.82. The predicted octanol–water partition coefficient (Wildman–Crippen LogP) is -0.222. The Labute approximate surface area is 145 Å². The Morgan fingerprint density at radius 1 is 1.24 bits per heavy atom. The van der Waals surface area contributed by atoms with Gasteiger partial charge >= 0.3 is 0 Å². The third kappa shape index (κ3) is 3.15. The Bertz CT molecular complexity index is 703. The molecular weight excluding hydrogens is 324 g/mol. The van der Waals surface area contributed by atoms with E-state index in [9.17, 15) is 14.9 Å². The summed E-state index contributed by atoms with van der Waals surface area (Å²) in [5.74, 6) is 0.324. The summed E-state index contributed by atoms with van der Waals surface area (Å²) in [6, 6.07) is 1.34. The van der Waals surface area contributed by atoms with Crippen molar-refractivity contribution < 1.29 is 9.72 Å². The van der Waals surface area contributed by atoms with Crippen molar-refractivity contribution in [1.82, 2.24) is 20.0 Å². The molecule has 4 rings (SSSR count). The first-order valence-electron chi connectivity index (χ1n) is 8.74. The van der Waals surface area contributed by atoms with Crippen LogP contribution in [-0.4, -0.2) is 76.6 Å². The largest absolute Gasteiger partial charge is 0.353 e. The summed E-state index contributed by atoms with van der Waals surface area (Å²) in [5.41, 5.74) is 1.95. The molecule has 9 heteroatoms. The van der Waals surface area contributed by atoms with Crippen LogP contribution in [0.2, 0.25) is 0 Å². The predicted molar refractivity (Wildman–Crippen MR) is 89.8 cm³/mol. The number of rotatable bonds is 3. The molecule has 0 aromatic carbocycles. The van der Waals surface area contributed by atoms with Crippen LogP contribution in [0, 0.1) is 16.0 Å². The topological polar surface area (TPSA) is 95.7 Å². The standard InChI is InChI=1S/C16H22N6O3/c1-19-4-6-20(7-5-19)15-8-11-10-21(3-2-13(11)17-18-15)16(23)12-9-14(12)22(24)25/h8,12,14H,2-7,9-10H2,1H3/t12-,14-/m1/s1. The first-order valence-corrected chi connectivity index (χ1v) is 8.74. The van der Waals surface area contributed by atoms with Gasteiger partial charge in [-0.25, -0.2) is 0 Å². The van der Waals surface area contributed by atoms with Crippen LogP contribution in [0.15, 0.2) is 6.07 Å². The van der Waals surface area contributed by atoms with Gasteiger partial charge in [-0.2, -0.15) is 5.10 Å². The highest BCUT2D eigenvalue weighted by Gasteiger charge is 2.54. The first-order chi connectivity index (χ1) is 12.0. The van der Waals surface area contributed by atoms with Gasteiger partial charge in [0.1, 0.15) is 5.92 Å². The lowest BCUT2D eigenvalue weighted by Crippen LogP contribution is -2.45. The molecule has 0 unspecified atom stereocenters. The van der Waals surface area contributed by atoms with Gasteiger partial charge in [-0.05, 0) is 18.7 Å².